The summed E-state index contributed by atoms with van der Waals surface area (Å²) >= 11 is 3.54. The number of rotatable bonds is 4. The van der Waals surface area contributed by atoms with Gasteiger partial charge in [0, 0.05) is 4.47 Å². The molecule has 20 heavy (non-hydrogen) atoms. The van der Waals surface area contributed by atoms with Crippen LogP contribution in [0.5, 0.6) is 0 Å². The maximum Gasteiger partial charge on any atom is 0.159 e. The van der Waals surface area contributed by atoms with Crippen molar-refractivity contribution in [2.24, 2.45) is 0 Å². The zero-order valence-electron chi connectivity index (χ0n) is 11.4. The molecule has 0 saturated heterocycles. The summed E-state index contributed by atoms with van der Waals surface area (Å²) in [6, 6.07) is 9.85. The molecule has 2 aromatic carbocycles. The molecule has 106 valence electrons. The smallest absolute Gasteiger partial charge is 0.159 e. The number of hydrogen-bond donors (Lipinski definition) is 1. The fourth-order valence-corrected chi connectivity index (χ4v) is 2.89. The molecule has 0 fully saturated rings. The van der Waals surface area contributed by atoms with Crippen molar-refractivity contribution in [2.75, 3.05) is 6.54 Å². The van der Waals surface area contributed by atoms with E-state index in [-0.39, 0.29) is 6.04 Å². The molecule has 0 aliphatic heterocycles. The van der Waals surface area contributed by atoms with Crippen LogP contribution in [-0.4, -0.2) is 6.54 Å². The van der Waals surface area contributed by atoms with Gasteiger partial charge in [-0.1, -0.05) is 41.1 Å². The van der Waals surface area contributed by atoms with Gasteiger partial charge in [-0.15, -0.1) is 0 Å². The highest BCUT2D eigenvalue weighted by Gasteiger charge is 2.17. The van der Waals surface area contributed by atoms with Crippen LogP contribution in [0.25, 0.3) is 0 Å². The van der Waals surface area contributed by atoms with E-state index < -0.39 is 11.6 Å². The number of nitrogens with one attached hydrogen (secondary N) is 1. The zero-order chi connectivity index (χ0) is 14.7. The average molecular weight is 340 g/mol. The van der Waals surface area contributed by atoms with E-state index in [1.165, 1.54) is 6.07 Å². The molecule has 4 heteroatoms. The first-order chi connectivity index (χ1) is 9.52. The minimum Gasteiger partial charge on any atom is -0.306 e. The first-order valence-corrected chi connectivity index (χ1v) is 7.26. The third kappa shape index (κ3) is 3.25. The van der Waals surface area contributed by atoms with Crippen molar-refractivity contribution in [3.8, 4) is 0 Å². The minimum absolute atomic E-state index is 0.176. The summed E-state index contributed by atoms with van der Waals surface area (Å²) in [6.45, 7) is 4.72. The van der Waals surface area contributed by atoms with E-state index >= 15 is 0 Å². The maximum absolute atomic E-state index is 13.4. The Balaban J connectivity index is 2.47. The Morgan fingerprint density at radius 3 is 2.45 bits per heavy atom. The molecule has 0 spiro atoms. The Kier molecular flexibility index (Phi) is 4.89. The van der Waals surface area contributed by atoms with Crippen molar-refractivity contribution in [2.45, 2.75) is 19.9 Å². The molecule has 1 unspecified atom stereocenters. The molecule has 0 aliphatic rings. The van der Waals surface area contributed by atoms with Crippen LogP contribution < -0.4 is 5.32 Å². The molecule has 1 N–H and O–H groups in total. The Bertz CT molecular complexity index is 613. The lowest BCUT2D eigenvalue weighted by Crippen LogP contribution is -2.22. The number of hydrogen-bond acceptors (Lipinski definition) is 1. The van der Waals surface area contributed by atoms with E-state index in [0.717, 1.165) is 28.2 Å². The molecule has 1 atom stereocenters. The molecule has 0 saturated carbocycles. The van der Waals surface area contributed by atoms with Gasteiger partial charge in [-0.25, -0.2) is 8.78 Å². The highest BCUT2D eigenvalue weighted by atomic mass is 79.9. The zero-order valence-corrected chi connectivity index (χ0v) is 13.0. The molecular formula is C16H16BrF2N. The van der Waals surface area contributed by atoms with E-state index in [9.17, 15) is 8.78 Å². The van der Waals surface area contributed by atoms with Gasteiger partial charge in [-0.2, -0.15) is 0 Å². The Morgan fingerprint density at radius 1 is 1.10 bits per heavy atom. The van der Waals surface area contributed by atoms with Crippen LogP contribution >= 0.6 is 15.9 Å². The van der Waals surface area contributed by atoms with Gasteiger partial charge < -0.3 is 5.32 Å². The van der Waals surface area contributed by atoms with E-state index in [2.05, 4.69) is 21.2 Å². The van der Waals surface area contributed by atoms with Crippen LogP contribution in [0, 0.1) is 18.6 Å². The molecule has 2 aromatic rings. The largest absolute Gasteiger partial charge is 0.306 e. The van der Waals surface area contributed by atoms with Gasteiger partial charge in [0.15, 0.2) is 11.6 Å². The Hall–Kier alpha value is -1.26. The van der Waals surface area contributed by atoms with Crippen LogP contribution in [0.1, 0.15) is 29.7 Å². The highest BCUT2D eigenvalue weighted by molar-refractivity contribution is 9.10. The summed E-state index contributed by atoms with van der Waals surface area (Å²) in [5, 5.41) is 3.30. The van der Waals surface area contributed by atoms with Gasteiger partial charge in [-0.05, 0) is 48.4 Å². The lowest BCUT2D eigenvalue weighted by atomic mass is 9.97. The normalized spacial score (nSPS) is 12.4. The second-order valence-corrected chi connectivity index (χ2v) is 5.54. The fraction of sp³-hybridized carbons (Fsp3) is 0.250. The van der Waals surface area contributed by atoms with Crippen molar-refractivity contribution in [1.29, 1.82) is 0 Å². The first-order valence-electron chi connectivity index (χ1n) is 6.47. The van der Waals surface area contributed by atoms with E-state index in [1.54, 1.807) is 6.07 Å². The van der Waals surface area contributed by atoms with Crippen LogP contribution in [0.15, 0.2) is 40.9 Å². The second kappa shape index (κ2) is 6.46. The summed E-state index contributed by atoms with van der Waals surface area (Å²) in [5.41, 5.74) is 2.85. The highest BCUT2D eigenvalue weighted by Crippen LogP contribution is 2.30. The maximum atomic E-state index is 13.4. The van der Waals surface area contributed by atoms with Gasteiger partial charge >= 0.3 is 0 Å². The molecule has 0 aliphatic carbocycles. The molecule has 1 nitrogen and oxygen atoms in total. The van der Waals surface area contributed by atoms with Crippen molar-refractivity contribution >= 4 is 15.9 Å². The molecule has 0 bridgehead atoms. The van der Waals surface area contributed by atoms with Crippen molar-refractivity contribution in [3.63, 3.8) is 0 Å². The summed E-state index contributed by atoms with van der Waals surface area (Å²) in [5.74, 6) is -1.65. The molecular weight excluding hydrogens is 324 g/mol. The van der Waals surface area contributed by atoms with Gasteiger partial charge in [0.2, 0.25) is 0 Å². The standard InChI is InChI=1S/C16H16BrF2N/c1-3-20-16(11-5-7-14(18)15(19)9-11)12-6-4-10(2)8-13(12)17/h4-9,16,20H,3H2,1-2H3. The Labute approximate surface area is 126 Å². The van der Waals surface area contributed by atoms with Crippen molar-refractivity contribution in [3.05, 3.63) is 69.2 Å². The van der Waals surface area contributed by atoms with E-state index in [0.29, 0.717) is 5.56 Å². The Morgan fingerprint density at radius 2 is 1.85 bits per heavy atom. The van der Waals surface area contributed by atoms with Crippen molar-refractivity contribution < 1.29 is 8.78 Å². The molecule has 0 heterocycles. The fourth-order valence-electron chi connectivity index (χ4n) is 2.17. The van der Waals surface area contributed by atoms with Gasteiger partial charge in [0.05, 0.1) is 6.04 Å². The lowest BCUT2D eigenvalue weighted by molar-refractivity contribution is 0.504. The molecule has 0 radical (unpaired) electrons. The van der Waals surface area contributed by atoms with E-state index in [1.807, 2.05) is 32.0 Å². The number of halogens is 3. The van der Waals surface area contributed by atoms with Crippen LogP contribution in [0.4, 0.5) is 8.78 Å². The van der Waals surface area contributed by atoms with Crippen LogP contribution in [-0.2, 0) is 0 Å². The van der Waals surface area contributed by atoms with Crippen LogP contribution in [0.3, 0.4) is 0 Å². The van der Waals surface area contributed by atoms with Gasteiger partial charge in [0.1, 0.15) is 0 Å². The molecule has 2 rings (SSSR count). The number of benzene rings is 2. The molecule has 0 amide bonds. The first kappa shape index (κ1) is 15.1. The molecule has 0 aromatic heterocycles. The predicted molar refractivity (Wildman–Crippen MR) is 80.8 cm³/mol. The van der Waals surface area contributed by atoms with Gasteiger partial charge in [-0.3, -0.25) is 0 Å². The van der Waals surface area contributed by atoms with Gasteiger partial charge in [0.25, 0.3) is 0 Å². The monoisotopic (exact) mass is 339 g/mol. The summed E-state index contributed by atoms with van der Waals surface area (Å²) < 4.78 is 27.5. The topological polar surface area (TPSA) is 12.0 Å². The van der Waals surface area contributed by atoms with E-state index in [4.69, 9.17) is 0 Å². The minimum atomic E-state index is -0.827. The lowest BCUT2D eigenvalue weighted by Gasteiger charge is -2.21. The third-order valence-electron chi connectivity index (χ3n) is 3.15. The summed E-state index contributed by atoms with van der Waals surface area (Å²) in [6.07, 6.45) is 0. The predicted octanol–water partition coefficient (Wildman–Crippen LogP) is 4.73. The third-order valence-corrected chi connectivity index (χ3v) is 3.84. The second-order valence-electron chi connectivity index (χ2n) is 4.69. The van der Waals surface area contributed by atoms with Crippen molar-refractivity contribution in [1.82, 2.24) is 5.32 Å². The SMILES string of the molecule is CCNC(c1ccc(F)c(F)c1)c1ccc(C)cc1Br. The van der Waals surface area contributed by atoms with Crippen LogP contribution in [0.2, 0.25) is 0 Å². The quantitative estimate of drug-likeness (QED) is 0.848. The summed E-state index contributed by atoms with van der Waals surface area (Å²) in [7, 11) is 0. The number of aryl methyl sites for hydroxylation is 1. The summed E-state index contributed by atoms with van der Waals surface area (Å²) in [4.78, 5) is 0. The average Bonchev–Trinajstić information content (AvgIpc) is 2.40.